The molecule has 1 aromatic carbocycles. The first-order chi connectivity index (χ1) is 8.09. The van der Waals surface area contributed by atoms with Gasteiger partial charge in [0.05, 0.1) is 0 Å². The molecule has 0 aliphatic heterocycles. The van der Waals surface area contributed by atoms with Crippen LogP contribution in [0.1, 0.15) is 25.0 Å². The summed E-state index contributed by atoms with van der Waals surface area (Å²) in [6.45, 7) is 9.62. The predicted octanol–water partition coefficient (Wildman–Crippen LogP) is 2.89. The number of hydrogen-bond donors (Lipinski definition) is 2. The van der Waals surface area contributed by atoms with Crippen molar-refractivity contribution in [3.05, 3.63) is 33.8 Å². The van der Waals surface area contributed by atoms with Crippen molar-refractivity contribution in [2.45, 2.75) is 33.2 Å². The molecule has 0 bridgehead atoms. The Balaban J connectivity index is 2.20. The molecule has 2 nitrogen and oxygen atoms in total. The second-order valence-electron chi connectivity index (χ2n) is 4.68. The van der Waals surface area contributed by atoms with Gasteiger partial charge in [-0.05, 0) is 43.1 Å². The number of halogens is 1. The lowest BCUT2D eigenvalue weighted by Crippen LogP contribution is -2.32. The van der Waals surface area contributed by atoms with Crippen molar-refractivity contribution in [1.82, 2.24) is 10.6 Å². The Labute approximate surface area is 113 Å². The molecule has 0 fully saturated rings. The van der Waals surface area contributed by atoms with Crippen molar-refractivity contribution in [2.24, 2.45) is 0 Å². The molecule has 0 radical (unpaired) electrons. The molecule has 0 saturated heterocycles. The zero-order valence-electron chi connectivity index (χ0n) is 11.0. The van der Waals surface area contributed by atoms with Crippen molar-refractivity contribution >= 4 is 15.9 Å². The Kier molecular flexibility index (Phi) is 6.78. The standard InChI is InChI=1S/C14H23BrN2/c1-11(2)17-9-8-16-7-6-13-10-14(15)5-4-12(13)3/h4-5,10-11,16-17H,6-9H2,1-3H3. The van der Waals surface area contributed by atoms with Crippen LogP contribution in [0, 0.1) is 6.92 Å². The first-order valence-corrected chi connectivity index (χ1v) is 7.08. The van der Waals surface area contributed by atoms with Crippen molar-refractivity contribution in [3.63, 3.8) is 0 Å². The van der Waals surface area contributed by atoms with Crippen LogP contribution < -0.4 is 10.6 Å². The van der Waals surface area contributed by atoms with E-state index in [0.29, 0.717) is 6.04 Å². The highest BCUT2D eigenvalue weighted by Gasteiger charge is 1.99. The van der Waals surface area contributed by atoms with Gasteiger partial charge < -0.3 is 10.6 Å². The lowest BCUT2D eigenvalue weighted by Gasteiger charge is -2.10. The highest BCUT2D eigenvalue weighted by atomic mass is 79.9. The van der Waals surface area contributed by atoms with Crippen LogP contribution in [0.3, 0.4) is 0 Å². The van der Waals surface area contributed by atoms with Gasteiger partial charge in [0.25, 0.3) is 0 Å². The van der Waals surface area contributed by atoms with Gasteiger partial charge in [0.1, 0.15) is 0 Å². The maximum atomic E-state index is 3.52. The molecule has 0 aliphatic rings. The number of rotatable bonds is 7. The Morgan fingerprint density at radius 2 is 1.94 bits per heavy atom. The maximum absolute atomic E-state index is 3.52. The third-order valence-electron chi connectivity index (χ3n) is 2.74. The Morgan fingerprint density at radius 1 is 1.18 bits per heavy atom. The van der Waals surface area contributed by atoms with Crippen LogP contribution in [0.15, 0.2) is 22.7 Å². The maximum Gasteiger partial charge on any atom is 0.0178 e. The summed E-state index contributed by atoms with van der Waals surface area (Å²) in [5.41, 5.74) is 2.79. The smallest absolute Gasteiger partial charge is 0.0178 e. The van der Waals surface area contributed by atoms with Gasteiger partial charge >= 0.3 is 0 Å². The van der Waals surface area contributed by atoms with Gasteiger partial charge in [-0.3, -0.25) is 0 Å². The molecule has 0 spiro atoms. The van der Waals surface area contributed by atoms with Crippen LogP contribution >= 0.6 is 15.9 Å². The minimum atomic E-state index is 0.573. The summed E-state index contributed by atoms with van der Waals surface area (Å²) in [6.07, 6.45) is 1.09. The normalized spacial score (nSPS) is 11.1. The van der Waals surface area contributed by atoms with Crippen LogP contribution in [0.4, 0.5) is 0 Å². The Morgan fingerprint density at radius 3 is 2.65 bits per heavy atom. The highest BCUT2D eigenvalue weighted by molar-refractivity contribution is 9.10. The van der Waals surface area contributed by atoms with Gasteiger partial charge in [-0.1, -0.05) is 35.8 Å². The Bertz CT molecular complexity index is 337. The van der Waals surface area contributed by atoms with Crippen LogP contribution in [0.2, 0.25) is 0 Å². The van der Waals surface area contributed by atoms with Crippen LogP contribution in [0.5, 0.6) is 0 Å². The summed E-state index contributed by atoms with van der Waals surface area (Å²) < 4.78 is 1.17. The molecule has 17 heavy (non-hydrogen) atoms. The zero-order valence-corrected chi connectivity index (χ0v) is 12.6. The number of hydrogen-bond acceptors (Lipinski definition) is 2. The van der Waals surface area contributed by atoms with E-state index in [1.54, 1.807) is 0 Å². The lowest BCUT2D eigenvalue weighted by atomic mass is 10.1. The monoisotopic (exact) mass is 298 g/mol. The molecule has 0 aliphatic carbocycles. The fraction of sp³-hybridized carbons (Fsp3) is 0.571. The molecule has 1 aromatic rings. The van der Waals surface area contributed by atoms with Gasteiger partial charge in [0.15, 0.2) is 0 Å². The van der Waals surface area contributed by atoms with E-state index in [9.17, 15) is 0 Å². The molecular weight excluding hydrogens is 276 g/mol. The van der Waals surface area contributed by atoms with E-state index in [2.05, 4.69) is 65.5 Å². The molecular formula is C14H23BrN2. The summed E-state index contributed by atoms with van der Waals surface area (Å²) in [6, 6.07) is 7.05. The molecule has 0 saturated carbocycles. The number of aryl methyl sites for hydroxylation is 1. The highest BCUT2D eigenvalue weighted by Crippen LogP contribution is 2.16. The van der Waals surface area contributed by atoms with Crippen molar-refractivity contribution in [2.75, 3.05) is 19.6 Å². The second-order valence-corrected chi connectivity index (χ2v) is 5.60. The molecule has 3 heteroatoms. The molecule has 2 N–H and O–H groups in total. The molecule has 96 valence electrons. The summed E-state index contributed by atoms with van der Waals surface area (Å²) in [7, 11) is 0. The SMILES string of the molecule is Cc1ccc(Br)cc1CCNCCNC(C)C. The van der Waals surface area contributed by atoms with E-state index in [1.807, 2.05) is 0 Å². The van der Waals surface area contributed by atoms with Crippen LogP contribution in [-0.2, 0) is 6.42 Å². The molecule has 0 aromatic heterocycles. The largest absolute Gasteiger partial charge is 0.315 e. The summed E-state index contributed by atoms with van der Waals surface area (Å²) >= 11 is 3.52. The van der Waals surface area contributed by atoms with E-state index < -0.39 is 0 Å². The third-order valence-corrected chi connectivity index (χ3v) is 3.23. The lowest BCUT2D eigenvalue weighted by molar-refractivity contribution is 0.556. The van der Waals surface area contributed by atoms with Crippen LogP contribution in [-0.4, -0.2) is 25.7 Å². The molecule has 0 heterocycles. The van der Waals surface area contributed by atoms with Gasteiger partial charge in [-0.25, -0.2) is 0 Å². The fourth-order valence-electron chi connectivity index (χ4n) is 1.71. The van der Waals surface area contributed by atoms with Crippen LogP contribution in [0.25, 0.3) is 0 Å². The number of nitrogens with one attached hydrogen (secondary N) is 2. The van der Waals surface area contributed by atoms with Crippen molar-refractivity contribution in [3.8, 4) is 0 Å². The molecule has 0 atom stereocenters. The Hall–Kier alpha value is -0.380. The van der Waals surface area contributed by atoms with E-state index in [-0.39, 0.29) is 0 Å². The van der Waals surface area contributed by atoms with E-state index in [0.717, 1.165) is 26.1 Å². The van der Waals surface area contributed by atoms with Gasteiger partial charge in [-0.2, -0.15) is 0 Å². The topological polar surface area (TPSA) is 24.1 Å². The molecule has 1 rings (SSSR count). The molecule has 0 unspecified atom stereocenters. The van der Waals surface area contributed by atoms with Crippen molar-refractivity contribution in [1.29, 1.82) is 0 Å². The summed E-state index contributed by atoms with van der Waals surface area (Å²) in [4.78, 5) is 0. The quantitative estimate of drug-likeness (QED) is 0.757. The average molecular weight is 299 g/mol. The van der Waals surface area contributed by atoms with E-state index in [4.69, 9.17) is 0 Å². The van der Waals surface area contributed by atoms with Gasteiger partial charge in [0.2, 0.25) is 0 Å². The number of benzene rings is 1. The summed E-state index contributed by atoms with van der Waals surface area (Å²) in [5.74, 6) is 0. The average Bonchev–Trinajstić information content (AvgIpc) is 2.27. The van der Waals surface area contributed by atoms with Gasteiger partial charge in [0, 0.05) is 23.6 Å². The zero-order chi connectivity index (χ0) is 12.7. The first kappa shape index (κ1) is 14.7. The minimum Gasteiger partial charge on any atom is -0.315 e. The predicted molar refractivity (Wildman–Crippen MR) is 78.6 cm³/mol. The van der Waals surface area contributed by atoms with Gasteiger partial charge in [-0.15, -0.1) is 0 Å². The van der Waals surface area contributed by atoms with Crippen molar-refractivity contribution < 1.29 is 0 Å². The fourth-order valence-corrected chi connectivity index (χ4v) is 2.12. The van der Waals surface area contributed by atoms with E-state index >= 15 is 0 Å². The minimum absolute atomic E-state index is 0.573. The summed E-state index contributed by atoms with van der Waals surface area (Å²) in [5, 5.41) is 6.85. The third kappa shape index (κ3) is 6.20. The van der Waals surface area contributed by atoms with E-state index in [1.165, 1.54) is 15.6 Å². The molecule has 0 amide bonds. The second kappa shape index (κ2) is 7.85. The first-order valence-electron chi connectivity index (χ1n) is 6.28.